The molecule has 1 atom stereocenters. The minimum atomic E-state index is -0.830. The number of methoxy groups -OCH3 is 3. The number of carbonyl (C=O) groups is 2. The fourth-order valence-electron chi connectivity index (χ4n) is 4.30. The number of hydrogen-bond donors (Lipinski definition) is 1. The summed E-state index contributed by atoms with van der Waals surface area (Å²) in [6.07, 6.45) is 0. The van der Waals surface area contributed by atoms with Crippen LogP contribution in [0.15, 0.2) is 78.4 Å². The molecule has 1 amide bonds. The second kappa shape index (κ2) is 11.6. The molecule has 3 aromatic rings. The molecule has 1 fully saturated rings. The normalized spacial score (nSPS) is 16.6. The molecule has 1 aliphatic rings. The zero-order valence-corrected chi connectivity index (χ0v) is 21.0. The van der Waals surface area contributed by atoms with Gasteiger partial charge in [-0.3, -0.25) is 9.59 Å². The SMILES string of the molecule is COCCN1C(=O)C(=O)/C(=C(/O)c2ccc(OC)c(OC)c2)C1c1cccc(OCc2ccccc2)c1. The summed E-state index contributed by atoms with van der Waals surface area (Å²) in [6.45, 7) is 0.757. The van der Waals surface area contributed by atoms with Crippen molar-refractivity contribution in [1.29, 1.82) is 0 Å². The first kappa shape index (κ1) is 25.8. The molecule has 1 unspecified atom stereocenters. The van der Waals surface area contributed by atoms with E-state index in [1.165, 1.54) is 26.2 Å². The first-order chi connectivity index (χ1) is 18.0. The molecular weight excluding hydrogens is 474 g/mol. The van der Waals surface area contributed by atoms with Crippen molar-refractivity contribution < 1.29 is 33.6 Å². The smallest absolute Gasteiger partial charge is 0.295 e. The van der Waals surface area contributed by atoms with Gasteiger partial charge in [-0.05, 0) is 41.5 Å². The van der Waals surface area contributed by atoms with Crippen LogP contribution in [0.2, 0.25) is 0 Å². The molecule has 37 heavy (non-hydrogen) atoms. The highest BCUT2D eigenvalue weighted by Crippen LogP contribution is 2.41. The molecule has 8 nitrogen and oxygen atoms in total. The Labute approximate surface area is 215 Å². The number of rotatable bonds is 10. The van der Waals surface area contributed by atoms with Gasteiger partial charge in [0.2, 0.25) is 0 Å². The number of amides is 1. The van der Waals surface area contributed by atoms with Gasteiger partial charge in [-0.2, -0.15) is 0 Å². The van der Waals surface area contributed by atoms with Gasteiger partial charge in [-0.15, -0.1) is 0 Å². The van der Waals surface area contributed by atoms with Gasteiger partial charge >= 0.3 is 0 Å². The lowest BCUT2D eigenvalue weighted by atomic mass is 9.95. The van der Waals surface area contributed by atoms with Gasteiger partial charge in [0.15, 0.2) is 11.5 Å². The lowest BCUT2D eigenvalue weighted by Gasteiger charge is -2.25. The maximum atomic E-state index is 13.2. The van der Waals surface area contributed by atoms with Gasteiger partial charge in [-0.1, -0.05) is 42.5 Å². The zero-order chi connectivity index (χ0) is 26.4. The average molecular weight is 504 g/mol. The van der Waals surface area contributed by atoms with Crippen LogP contribution in [0.5, 0.6) is 17.2 Å². The number of aliphatic hydroxyl groups excluding tert-OH is 1. The summed E-state index contributed by atoms with van der Waals surface area (Å²) in [4.78, 5) is 27.7. The van der Waals surface area contributed by atoms with E-state index in [-0.39, 0.29) is 24.5 Å². The van der Waals surface area contributed by atoms with E-state index in [0.29, 0.717) is 35.0 Å². The van der Waals surface area contributed by atoms with E-state index in [0.717, 1.165) is 5.56 Å². The van der Waals surface area contributed by atoms with Crippen molar-refractivity contribution in [3.05, 3.63) is 95.1 Å². The van der Waals surface area contributed by atoms with E-state index in [2.05, 4.69) is 0 Å². The molecule has 1 heterocycles. The van der Waals surface area contributed by atoms with Crippen molar-refractivity contribution >= 4 is 17.4 Å². The van der Waals surface area contributed by atoms with Crippen LogP contribution in [0.25, 0.3) is 5.76 Å². The fraction of sp³-hybridized carbons (Fsp3) is 0.241. The van der Waals surface area contributed by atoms with Crippen molar-refractivity contribution in [3.8, 4) is 17.2 Å². The Morgan fingerprint density at radius 1 is 0.892 bits per heavy atom. The van der Waals surface area contributed by atoms with E-state index in [4.69, 9.17) is 18.9 Å². The van der Waals surface area contributed by atoms with Gasteiger partial charge in [0.05, 0.1) is 32.4 Å². The zero-order valence-electron chi connectivity index (χ0n) is 21.0. The van der Waals surface area contributed by atoms with E-state index < -0.39 is 17.7 Å². The molecule has 4 rings (SSSR count). The molecule has 0 spiro atoms. The third-order valence-corrected chi connectivity index (χ3v) is 6.16. The summed E-state index contributed by atoms with van der Waals surface area (Å²) < 4.78 is 21.8. The standard InChI is InChI=1S/C29H29NO7/c1-34-15-14-30-26(20-10-7-11-22(16-20)37-18-19-8-5-4-6-9-19)25(28(32)29(30)33)27(31)21-12-13-23(35-2)24(17-21)36-3/h4-13,16-17,26,31H,14-15,18H2,1-3H3/b27-25+. The van der Waals surface area contributed by atoms with Crippen LogP contribution in [0.3, 0.4) is 0 Å². The fourth-order valence-corrected chi connectivity index (χ4v) is 4.30. The molecule has 0 aliphatic carbocycles. The molecule has 1 aliphatic heterocycles. The van der Waals surface area contributed by atoms with Crippen molar-refractivity contribution in [3.63, 3.8) is 0 Å². The van der Waals surface area contributed by atoms with Gasteiger partial charge in [0.25, 0.3) is 11.7 Å². The van der Waals surface area contributed by atoms with Crippen LogP contribution in [-0.4, -0.2) is 56.2 Å². The second-order valence-electron chi connectivity index (χ2n) is 8.40. The molecule has 8 heteroatoms. The predicted octanol–water partition coefficient (Wildman–Crippen LogP) is 4.35. The Kier molecular flexibility index (Phi) is 8.10. The number of aliphatic hydroxyl groups is 1. The van der Waals surface area contributed by atoms with E-state index >= 15 is 0 Å². The maximum Gasteiger partial charge on any atom is 0.295 e. The number of Topliss-reactive ketones (excluding diaryl/α,β-unsaturated/α-hetero) is 1. The quantitative estimate of drug-likeness (QED) is 0.250. The van der Waals surface area contributed by atoms with Crippen LogP contribution in [0, 0.1) is 0 Å². The molecule has 0 radical (unpaired) electrons. The topological polar surface area (TPSA) is 94.5 Å². The highest BCUT2D eigenvalue weighted by Gasteiger charge is 2.46. The van der Waals surface area contributed by atoms with Crippen LogP contribution in [0.1, 0.15) is 22.7 Å². The summed E-state index contributed by atoms with van der Waals surface area (Å²) in [5, 5.41) is 11.3. The highest BCUT2D eigenvalue weighted by molar-refractivity contribution is 6.46. The number of ether oxygens (including phenoxy) is 4. The molecule has 0 aromatic heterocycles. The minimum absolute atomic E-state index is 0.0199. The van der Waals surface area contributed by atoms with Crippen molar-refractivity contribution in [2.24, 2.45) is 0 Å². The van der Waals surface area contributed by atoms with E-state index in [1.54, 1.807) is 36.4 Å². The van der Waals surface area contributed by atoms with Crippen molar-refractivity contribution in [2.45, 2.75) is 12.6 Å². The predicted molar refractivity (Wildman–Crippen MR) is 138 cm³/mol. The first-order valence-electron chi connectivity index (χ1n) is 11.7. The Bertz CT molecular complexity index is 1300. The van der Waals surface area contributed by atoms with Crippen molar-refractivity contribution in [2.75, 3.05) is 34.5 Å². The Morgan fingerprint density at radius 3 is 2.35 bits per heavy atom. The number of carbonyl (C=O) groups excluding carboxylic acids is 2. The van der Waals surface area contributed by atoms with Crippen LogP contribution < -0.4 is 14.2 Å². The number of benzene rings is 3. The molecule has 3 aromatic carbocycles. The van der Waals surface area contributed by atoms with Crippen molar-refractivity contribution in [1.82, 2.24) is 4.90 Å². The number of hydrogen-bond acceptors (Lipinski definition) is 7. The summed E-state index contributed by atoms with van der Waals surface area (Å²) in [7, 11) is 4.51. The van der Waals surface area contributed by atoms with Gasteiger partial charge in [0, 0.05) is 19.2 Å². The highest BCUT2D eigenvalue weighted by atomic mass is 16.5. The Morgan fingerprint density at radius 2 is 1.65 bits per heavy atom. The lowest BCUT2D eigenvalue weighted by molar-refractivity contribution is -0.140. The monoisotopic (exact) mass is 503 g/mol. The first-order valence-corrected chi connectivity index (χ1v) is 11.7. The maximum absolute atomic E-state index is 13.2. The van der Waals surface area contributed by atoms with Gasteiger partial charge < -0.3 is 29.0 Å². The molecule has 0 saturated carbocycles. The largest absolute Gasteiger partial charge is 0.507 e. The summed E-state index contributed by atoms with van der Waals surface area (Å²) in [5.41, 5.74) is 1.94. The van der Waals surface area contributed by atoms with E-state index in [9.17, 15) is 14.7 Å². The number of likely N-dealkylation sites (tertiary alicyclic amines) is 1. The summed E-state index contributed by atoms with van der Waals surface area (Å²) in [6, 6.07) is 20.9. The van der Waals surface area contributed by atoms with Crippen LogP contribution in [-0.2, 0) is 20.9 Å². The minimum Gasteiger partial charge on any atom is -0.507 e. The number of ketones is 1. The van der Waals surface area contributed by atoms with Crippen LogP contribution in [0.4, 0.5) is 0 Å². The third-order valence-electron chi connectivity index (χ3n) is 6.16. The molecule has 192 valence electrons. The summed E-state index contributed by atoms with van der Waals surface area (Å²) in [5.74, 6) is -0.360. The van der Waals surface area contributed by atoms with Crippen LogP contribution >= 0.6 is 0 Å². The second-order valence-corrected chi connectivity index (χ2v) is 8.40. The number of nitrogens with zero attached hydrogens (tertiary/aromatic N) is 1. The van der Waals surface area contributed by atoms with E-state index in [1.807, 2.05) is 36.4 Å². The molecule has 1 N–H and O–H groups in total. The summed E-state index contributed by atoms with van der Waals surface area (Å²) >= 11 is 0. The van der Waals surface area contributed by atoms with Gasteiger partial charge in [-0.25, -0.2) is 0 Å². The molecule has 1 saturated heterocycles. The lowest BCUT2D eigenvalue weighted by Crippen LogP contribution is -2.32. The third kappa shape index (κ3) is 5.44. The Hall–Kier alpha value is -4.30. The molecular formula is C29H29NO7. The molecule has 0 bridgehead atoms. The average Bonchev–Trinajstić information content (AvgIpc) is 3.19. The van der Waals surface area contributed by atoms with Gasteiger partial charge in [0.1, 0.15) is 18.1 Å². The Balaban J connectivity index is 1.76.